The molecule has 1 heterocycles. The lowest BCUT2D eigenvalue weighted by atomic mass is 9.70. The van der Waals surface area contributed by atoms with Crippen molar-refractivity contribution in [3.63, 3.8) is 0 Å². The lowest BCUT2D eigenvalue weighted by Gasteiger charge is -2.52. The second-order valence-electron chi connectivity index (χ2n) is 4.16. The van der Waals surface area contributed by atoms with Crippen LogP contribution >= 0.6 is 0 Å². The molecule has 1 spiro atoms. The highest BCUT2D eigenvalue weighted by Crippen LogP contribution is 2.44. The first-order valence-corrected chi connectivity index (χ1v) is 5.14. The van der Waals surface area contributed by atoms with Crippen LogP contribution in [0.4, 0.5) is 4.79 Å². The number of piperidine rings is 1. The van der Waals surface area contributed by atoms with E-state index in [1.54, 1.807) is 0 Å². The quantitative estimate of drug-likeness (QED) is 0.576. The third-order valence-electron chi connectivity index (χ3n) is 3.53. The molecule has 1 aliphatic heterocycles. The molecule has 13 heavy (non-hydrogen) atoms. The molecule has 3 heteroatoms. The summed E-state index contributed by atoms with van der Waals surface area (Å²) in [5.74, 6) is 0. The third-order valence-corrected chi connectivity index (χ3v) is 3.53. The van der Waals surface area contributed by atoms with Gasteiger partial charge < -0.3 is 9.64 Å². The van der Waals surface area contributed by atoms with Crippen molar-refractivity contribution < 1.29 is 9.53 Å². The molecular weight excluding hydrogens is 166 g/mol. The van der Waals surface area contributed by atoms with Crippen LogP contribution in [0.5, 0.6) is 0 Å². The molecule has 0 N–H and O–H groups in total. The van der Waals surface area contributed by atoms with Crippen molar-refractivity contribution in [2.45, 2.75) is 44.1 Å². The minimum Gasteiger partial charge on any atom is -0.453 e. The van der Waals surface area contributed by atoms with Gasteiger partial charge in [0.05, 0.1) is 7.11 Å². The molecule has 0 unspecified atom stereocenters. The van der Waals surface area contributed by atoms with Crippen molar-refractivity contribution in [3.8, 4) is 0 Å². The first-order valence-electron chi connectivity index (χ1n) is 5.14. The highest BCUT2D eigenvalue weighted by molar-refractivity contribution is 5.69. The lowest BCUT2D eigenvalue weighted by Crippen LogP contribution is -2.58. The number of hydrogen-bond donors (Lipinski definition) is 0. The zero-order chi connectivity index (χ0) is 9.31. The van der Waals surface area contributed by atoms with Crippen LogP contribution in [0.2, 0.25) is 0 Å². The molecule has 2 fully saturated rings. The van der Waals surface area contributed by atoms with E-state index in [1.807, 2.05) is 4.90 Å². The molecular formula is C10H17NO2. The summed E-state index contributed by atoms with van der Waals surface area (Å²) in [7, 11) is 1.48. The molecule has 2 rings (SSSR count). The first kappa shape index (κ1) is 8.85. The SMILES string of the molecule is COC(=O)N1CCCCC12CCC2. The maximum atomic E-state index is 11.5. The van der Waals surface area contributed by atoms with Crippen molar-refractivity contribution in [1.82, 2.24) is 4.90 Å². The molecule has 1 amide bonds. The standard InChI is InChI=1S/C10H17NO2/c1-13-9(12)11-8-3-2-5-10(11)6-4-7-10/h2-8H2,1H3. The van der Waals surface area contributed by atoms with Crippen LogP contribution in [0.15, 0.2) is 0 Å². The van der Waals surface area contributed by atoms with E-state index in [4.69, 9.17) is 4.74 Å². The number of methoxy groups -OCH3 is 1. The topological polar surface area (TPSA) is 29.5 Å². The molecule has 0 aromatic heterocycles. The van der Waals surface area contributed by atoms with Gasteiger partial charge in [0.2, 0.25) is 0 Å². The first-order chi connectivity index (χ1) is 6.28. The summed E-state index contributed by atoms with van der Waals surface area (Å²) in [6, 6.07) is 0. The van der Waals surface area contributed by atoms with E-state index in [-0.39, 0.29) is 11.6 Å². The van der Waals surface area contributed by atoms with Gasteiger partial charge in [-0.1, -0.05) is 0 Å². The number of rotatable bonds is 0. The number of likely N-dealkylation sites (tertiary alicyclic amines) is 1. The summed E-state index contributed by atoms with van der Waals surface area (Å²) >= 11 is 0. The van der Waals surface area contributed by atoms with Crippen LogP contribution in [0.1, 0.15) is 38.5 Å². The Hall–Kier alpha value is -0.730. The van der Waals surface area contributed by atoms with Crippen LogP contribution in [0, 0.1) is 0 Å². The van der Waals surface area contributed by atoms with Crippen molar-refractivity contribution in [2.75, 3.05) is 13.7 Å². The molecule has 1 aliphatic carbocycles. The van der Waals surface area contributed by atoms with Crippen LogP contribution in [-0.2, 0) is 4.74 Å². The van der Waals surface area contributed by atoms with Gasteiger partial charge in [-0.25, -0.2) is 4.79 Å². The molecule has 0 atom stereocenters. The van der Waals surface area contributed by atoms with E-state index in [0.29, 0.717) is 0 Å². The number of nitrogens with zero attached hydrogens (tertiary/aromatic N) is 1. The fourth-order valence-electron chi connectivity index (χ4n) is 2.60. The van der Waals surface area contributed by atoms with Gasteiger partial charge in [0, 0.05) is 12.1 Å². The van der Waals surface area contributed by atoms with E-state index in [9.17, 15) is 4.79 Å². The fraction of sp³-hybridized carbons (Fsp3) is 0.900. The summed E-state index contributed by atoms with van der Waals surface area (Å²) in [6.45, 7) is 0.896. The molecule has 0 aromatic rings. The van der Waals surface area contributed by atoms with Gasteiger partial charge in [0.25, 0.3) is 0 Å². The average molecular weight is 183 g/mol. The van der Waals surface area contributed by atoms with Gasteiger partial charge in [0.15, 0.2) is 0 Å². The number of ether oxygens (including phenoxy) is 1. The van der Waals surface area contributed by atoms with Gasteiger partial charge in [-0.15, -0.1) is 0 Å². The predicted molar refractivity (Wildman–Crippen MR) is 49.5 cm³/mol. The Morgan fingerprint density at radius 3 is 2.46 bits per heavy atom. The molecule has 1 saturated carbocycles. The second kappa shape index (κ2) is 3.20. The minimum atomic E-state index is -0.126. The zero-order valence-corrected chi connectivity index (χ0v) is 8.21. The minimum absolute atomic E-state index is 0.126. The smallest absolute Gasteiger partial charge is 0.409 e. The summed E-state index contributed by atoms with van der Waals surface area (Å²) in [4.78, 5) is 13.4. The number of hydrogen-bond acceptors (Lipinski definition) is 2. The van der Waals surface area contributed by atoms with Gasteiger partial charge in [0.1, 0.15) is 0 Å². The van der Waals surface area contributed by atoms with Gasteiger partial charge in [-0.05, 0) is 38.5 Å². The Balaban J connectivity index is 2.09. The number of amides is 1. The molecule has 74 valence electrons. The Morgan fingerprint density at radius 1 is 1.23 bits per heavy atom. The van der Waals surface area contributed by atoms with E-state index >= 15 is 0 Å². The molecule has 0 radical (unpaired) electrons. The van der Waals surface area contributed by atoms with Crippen LogP contribution in [-0.4, -0.2) is 30.2 Å². The van der Waals surface area contributed by atoms with Gasteiger partial charge in [-0.2, -0.15) is 0 Å². The monoisotopic (exact) mass is 183 g/mol. The van der Waals surface area contributed by atoms with E-state index < -0.39 is 0 Å². The average Bonchev–Trinajstić information content (AvgIpc) is 2.14. The molecule has 3 nitrogen and oxygen atoms in total. The Morgan fingerprint density at radius 2 is 1.92 bits per heavy atom. The Kier molecular flexibility index (Phi) is 2.18. The molecule has 2 aliphatic rings. The van der Waals surface area contributed by atoms with Crippen molar-refractivity contribution in [2.24, 2.45) is 0 Å². The Labute approximate surface area is 79.0 Å². The largest absolute Gasteiger partial charge is 0.453 e. The van der Waals surface area contributed by atoms with E-state index in [1.165, 1.54) is 39.2 Å². The molecule has 0 bridgehead atoms. The lowest BCUT2D eigenvalue weighted by molar-refractivity contribution is -0.0101. The number of carbonyl (C=O) groups is 1. The normalized spacial score (nSPS) is 25.5. The zero-order valence-electron chi connectivity index (χ0n) is 8.21. The van der Waals surface area contributed by atoms with Crippen LogP contribution in [0.3, 0.4) is 0 Å². The van der Waals surface area contributed by atoms with Crippen molar-refractivity contribution in [1.29, 1.82) is 0 Å². The molecule has 0 aromatic carbocycles. The second-order valence-corrected chi connectivity index (χ2v) is 4.16. The van der Waals surface area contributed by atoms with Crippen LogP contribution < -0.4 is 0 Å². The maximum absolute atomic E-state index is 11.5. The van der Waals surface area contributed by atoms with Crippen molar-refractivity contribution in [3.05, 3.63) is 0 Å². The third kappa shape index (κ3) is 1.30. The van der Waals surface area contributed by atoms with E-state index in [2.05, 4.69) is 0 Å². The summed E-state index contributed by atoms with van der Waals surface area (Å²) in [6.07, 6.45) is 7.10. The highest BCUT2D eigenvalue weighted by atomic mass is 16.5. The molecule has 1 saturated heterocycles. The fourth-order valence-corrected chi connectivity index (χ4v) is 2.60. The summed E-state index contributed by atoms with van der Waals surface area (Å²) in [5.41, 5.74) is 0.200. The van der Waals surface area contributed by atoms with Gasteiger partial charge in [-0.3, -0.25) is 0 Å². The summed E-state index contributed by atoms with van der Waals surface area (Å²) in [5, 5.41) is 0. The predicted octanol–water partition coefficient (Wildman–Crippen LogP) is 2.16. The van der Waals surface area contributed by atoms with Crippen LogP contribution in [0.25, 0.3) is 0 Å². The van der Waals surface area contributed by atoms with Crippen molar-refractivity contribution >= 4 is 6.09 Å². The van der Waals surface area contributed by atoms with E-state index in [0.717, 1.165) is 13.0 Å². The Bertz CT molecular complexity index is 211. The number of carbonyl (C=O) groups excluding carboxylic acids is 1. The highest BCUT2D eigenvalue weighted by Gasteiger charge is 2.46. The van der Waals surface area contributed by atoms with Gasteiger partial charge >= 0.3 is 6.09 Å². The summed E-state index contributed by atoms with van der Waals surface area (Å²) < 4.78 is 4.81. The maximum Gasteiger partial charge on any atom is 0.409 e.